The predicted molar refractivity (Wildman–Crippen MR) is 56.1 cm³/mol. The molecule has 4 heteroatoms. The van der Waals surface area contributed by atoms with Crippen LogP contribution in [0.3, 0.4) is 0 Å². The molecular formula is C10H16N4. The van der Waals surface area contributed by atoms with E-state index in [4.69, 9.17) is 5.73 Å². The van der Waals surface area contributed by atoms with E-state index in [0.717, 1.165) is 31.6 Å². The van der Waals surface area contributed by atoms with Crippen LogP contribution in [0.15, 0.2) is 0 Å². The lowest BCUT2D eigenvalue weighted by Gasteiger charge is -2.05. The van der Waals surface area contributed by atoms with Crippen molar-refractivity contribution < 1.29 is 0 Å². The fraction of sp³-hybridized carbons (Fsp3) is 0.600. The van der Waals surface area contributed by atoms with Crippen LogP contribution in [0.1, 0.15) is 23.5 Å². The fourth-order valence-corrected chi connectivity index (χ4v) is 1.86. The van der Waals surface area contributed by atoms with Crippen LogP contribution in [0, 0.1) is 0 Å². The summed E-state index contributed by atoms with van der Waals surface area (Å²) in [6.45, 7) is 0.901. The molecule has 4 nitrogen and oxygen atoms in total. The van der Waals surface area contributed by atoms with E-state index in [0.29, 0.717) is 5.82 Å². The summed E-state index contributed by atoms with van der Waals surface area (Å²) in [5, 5.41) is 3.08. The Balaban J connectivity index is 2.23. The van der Waals surface area contributed by atoms with Crippen molar-refractivity contribution in [2.45, 2.75) is 25.7 Å². The van der Waals surface area contributed by atoms with E-state index < -0.39 is 0 Å². The number of nitrogens with two attached hydrogens (primary N) is 1. The molecule has 0 fully saturated rings. The summed E-state index contributed by atoms with van der Waals surface area (Å²) in [6.07, 6.45) is 4.14. The monoisotopic (exact) mass is 192 g/mol. The Kier molecular flexibility index (Phi) is 2.63. The number of nitrogen functional groups attached to an aromatic ring is 1. The van der Waals surface area contributed by atoms with Crippen molar-refractivity contribution in [3.8, 4) is 0 Å². The van der Waals surface area contributed by atoms with E-state index in [9.17, 15) is 0 Å². The number of likely N-dealkylation sites (N-methyl/N-ethyl adjacent to an activating group) is 1. The molecule has 1 aliphatic rings. The second kappa shape index (κ2) is 3.92. The molecule has 1 aromatic heterocycles. The summed E-state index contributed by atoms with van der Waals surface area (Å²) < 4.78 is 0. The Labute approximate surface area is 83.9 Å². The van der Waals surface area contributed by atoms with Crippen molar-refractivity contribution in [1.29, 1.82) is 0 Å². The van der Waals surface area contributed by atoms with Crippen LogP contribution in [0.5, 0.6) is 0 Å². The van der Waals surface area contributed by atoms with Crippen molar-refractivity contribution >= 4 is 5.82 Å². The van der Waals surface area contributed by atoms with Crippen LogP contribution in [0.2, 0.25) is 0 Å². The van der Waals surface area contributed by atoms with Gasteiger partial charge >= 0.3 is 0 Å². The van der Waals surface area contributed by atoms with E-state index in [1.165, 1.54) is 17.7 Å². The van der Waals surface area contributed by atoms with E-state index in [2.05, 4.69) is 15.3 Å². The molecule has 0 atom stereocenters. The molecule has 0 unspecified atom stereocenters. The first-order valence-electron chi connectivity index (χ1n) is 5.10. The molecule has 0 amide bonds. The van der Waals surface area contributed by atoms with Gasteiger partial charge in [0.25, 0.3) is 0 Å². The third-order valence-corrected chi connectivity index (χ3v) is 2.61. The molecule has 0 radical (unpaired) electrons. The fourth-order valence-electron chi connectivity index (χ4n) is 1.86. The van der Waals surface area contributed by atoms with Crippen LogP contribution in [-0.4, -0.2) is 23.6 Å². The predicted octanol–water partition coefficient (Wildman–Crippen LogP) is 0.309. The zero-order valence-corrected chi connectivity index (χ0v) is 8.51. The topological polar surface area (TPSA) is 63.8 Å². The number of aryl methyl sites for hydroxylation is 1. The van der Waals surface area contributed by atoms with Crippen LogP contribution in [0.4, 0.5) is 5.82 Å². The first kappa shape index (κ1) is 9.40. The number of aromatic nitrogens is 2. The maximum atomic E-state index is 5.87. The Morgan fingerprint density at radius 3 is 3.00 bits per heavy atom. The van der Waals surface area contributed by atoms with E-state index in [1.54, 1.807) is 0 Å². The van der Waals surface area contributed by atoms with Crippen LogP contribution in [0.25, 0.3) is 0 Å². The van der Waals surface area contributed by atoms with Gasteiger partial charge in [0.15, 0.2) is 0 Å². The molecule has 3 N–H and O–H groups in total. The van der Waals surface area contributed by atoms with Gasteiger partial charge < -0.3 is 11.1 Å². The Morgan fingerprint density at radius 1 is 1.36 bits per heavy atom. The second-order valence-corrected chi connectivity index (χ2v) is 3.66. The highest BCUT2D eigenvalue weighted by Gasteiger charge is 2.17. The molecule has 0 saturated carbocycles. The highest BCUT2D eigenvalue weighted by atomic mass is 15.0. The van der Waals surface area contributed by atoms with Gasteiger partial charge in [-0.15, -0.1) is 0 Å². The van der Waals surface area contributed by atoms with Crippen molar-refractivity contribution in [2.24, 2.45) is 0 Å². The lowest BCUT2D eigenvalue weighted by atomic mass is 10.2. The summed E-state index contributed by atoms with van der Waals surface area (Å²) in [6, 6.07) is 0. The first-order valence-corrected chi connectivity index (χ1v) is 5.10. The SMILES string of the molecule is CNCCc1nc(N)c2c(n1)CCC2. The lowest BCUT2D eigenvalue weighted by Crippen LogP contribution is -2.14. The first-order chi connectivity index (χ1) is 6.81. The minimum Gasteiger partial charge on any atom is -0.383 e. The summed E-state index contributed by atoms with van der Waals surface area (Å²) >= 11 is 0. The molecule has 76 valence electrons. The van der Waals surface area contributed by atoms with Crippen LogP contribution in [-0.2, 0) is 19.3 Å². The average molecular weight is 192 g/mol. The molecule has 2 rings (SSSR count). The largest absolute Gasteiger partial charge is 0.383 e. The van der Waals surface area contributed by atoms with Crippen LogP contribution >= 0.6 is 0 Å². The Morgan fingerprint density at radius 2 is 2.21 bits per heavy atom. The van der Waals surface area contributed by atoms with Crippen molar-refractivity contribution in [2.75, 3.05) is 19.3 Å². The van der Waals surface area contributed by atoms with Gasteiger partial charge in [-0.2, -0.15) is 0 Å². The van der Waals surface area contributed by atoms with Gasteiger partial charge in [-0.25, -0.2) is 9.97 Å². The average Bonchev–Trinajstić information content (AvgIpc) is 2.63. The van der Waals surface area contributed by atoms with Crippen LogP contribution < -0.4 is 11.1 Å². The lowest BCUT2D eigenvalue weighted by molar-refractivity contribution is 0.750. The molecule has 1 aromatic rings. The Bertz CT molecular complexity index is 335. The molecule has 0 saturated heterocycles. The number of nitrogens with zero attached hydrogens (tertiary/aromatic N) is 2. The molecule has 1 heterocycles. The van der Waals surface area contributed by atoms with Gasteiger partial charge in [-0.1, -0.05) is 0 Å². The molecule has 0 aromatic carbocycles. The van der Waals surface area contributed by atoms with Gasteiger partial charge in [-0.05, 0) is 26.3 Å². The zero-order chi connectivity index (χ0) is 9.97. The smallest absolute Gasteiger partial charge is 0.132 e. The molecular weight excluding hydrogens is 176 g/mol. The second-order valence-electron chi connectivity index (χ2n) is 3.66. The molecule has 0 bridgehead atoms. The minimum atomic E-state index is 0.693. The summed E-state index contributed by atoms with van der Waals surface area (Å²) in [7, 11) is 1.93. The van der Waals surface area contributed by atoms with Crippen molar-refractivity contribution in [3.63, 3.8) is 0 Å². The number of nitrogens with one attached hydrogen (secondary N) is 1. The zero-order valence-electron chi connectivity index (χ0n) is 8.51. The molecule has 0 spiro atoms. The van der Waals surface area contributed by atoms with Gasteiger partial charge in [-0.3, -0.25) is 0 Å². The van der Waals surface area contributed by atoms with E-state index >= 15 is 0 Å². The maximum absolute atomic E-state index is 5.87. The summed E-state index contributed by atoms with van der Waals surface area (Å²) in [5.41, 5.74) is 8.22. The van der Waals surface area contributed by atoms with Gasteiger partial charge in [0, 0.05) is 24.2 Å². The van der Waals surface area contributed by atoms with Gasteiger partial charge in [0.2, 0.25) is 0 Å². The number of fused-ring (bicyclic) bond motifs is 1. The number of rotatable bonds is 3. The summed E-state index contributed by atoms with van der Waals surface area (Å²) in [5.74, 6) is 1.57. The number of anilines is 1. The maximum Gasteiger partial charge on any atom is 0.132 e. The highest BCUT2D eigenvalue weighted by molar-refractivity contribution is 5.44. The van der Waals surface area contributed by atoms with Crippen molar-refractivity contribution in [3.05, 3.63) is 17.1 Å². The third kappa shape index (κ3) is 1.70. The molecule has 14 heavy (non-hydrogen) atoms. The minimum absolute atomic E-state index is 0.693. The third-order valence-electron chi connectivity index (χ3n) is 2.61. The molecule has 0 aliphatic heterocycles. The number of hydrogen-bond donors (Lipinski definition) is 2. The molecule has 1 aliphatic carbocycles. The van der Waals surface area contributed by atoms with Crippen molar-refractivity contribution in [1.82, 2.24) is 15.3 Å². The van der Waals surface area contributed by atoms with E-state index in [-0.39, 0.29) is 0 Å². The number of hydrogen-bond acceptors (Lipinski definition) is 4. The normalized spacial score (nSPS) is 14.4. The Hall–Kier alpha value is -1.16. The summed E-state index contributed by atoms with van der Waals surface area (Å²) in [4.78, 5) is 8.83. The standard InChI is InChI=1S/C10H16N4/c1-12-6-5-9-13-8-4-2-3-7(8)10(11)14-9/h12H,2-6H2,1H3,(H2,11,13,14). The highest BCUT2D eigenvalue weighted by Crippen LogP contribution is 2.23. The quantitative estimate of drug-likeness (QED) is 0.723. The van der Waals surface area contributed by atoms with E-state index in [1.807, 2.05) is 7.05 Å². The van der Waals surface area contributed by atoms with Gasteiger partial charge in [0.05, 0.1) is 0 Å². The van der Waals surface area contributed by atoms with Gasteiger partial charge in [0.1, 0.15) is 11.6 Å².